The molecule has 1 heterocycles. The first-order valence-electron chi connectivity index (χ1n) is 5.65. The molecule has 6 heteroatoms. The number of carbonyl (C=O) groups is 2. The van der Waals surface area contributed by atoms with Gasteiger partial charge in [-0.3, -0.25) is 14.5 Å². The highest BCUT2D eigenvalue weighted by Crippen LogP contribution is 2.34. The zero-order valence-corrected chi connectivity index (χ0v) is 13.4. The number of hydrogen-bond acceptors (Lipinski definition) is 4. The molecule has 1 aliphatic rings. The maximum absolute atomic E-state index is 12.1. The van der Waals surface area contributed by atoms with Crippen molar-refractivity contribution in [2.24, 2.45) is 0 Å². The van der Waals surface area contributed by atoms with Gasteiger partial charge in [-0.1, -0.05) is 6.07 Å². The Hall–Kier alpha value is -1.02. The molecule has 0 saturated carbocycles. The summed E-state index contributed by atoms with van der Waals surface area (Å²) in [5, 5.41) is 9.21. The van der Waals surface area contributed by atoms with E-state index in [4.69, 9.17) is 0 Å². The van der Waals surface area contributed by atoms with Gasteiger partial charge in [0.05, 0.1) is 8.48 Å². The van der Waals surface area contributed by atoms with Crippen LogP contribution in [0.5, 0.6) is 5.75 Å². The van der Waals surface area contributed by atoms with E-state index >= 15 is 0 Å². The Balaban J connectivity index is 2.32. The average Bonchev–Trinajstić information content (AvgIpc) is 2.59. The lowest BCUT2D eigenvalue weighted by Crippen LogP contribution is -2.34. The Morgan fingerprint density at radius 2 is 2.05 bits per heavy atom. The second-order valence-corrected chi connectivity index (χ2v) is 6.51. The van der Waals surface area contributed by atoms with Crippen molar-refractivity contribution in [2.45, 2.75) is 19.9 Å². The summed E-state index contributed by atoms with van der Waals surface area (Å²) in [5.74, 6) is -0.0545. The van der Waals surface area contributed by atoms with Gasteiger partial charge in [-0.15, -0.1) is 0 Å². The van der Waals surface area contributed by atoms with Gasteiger partial charge in [0.25, 0.3) is 11.1 Å². The smallest absolute Gasteiger partial charge is 0.293 e. The zero-order chi connectivity index (χ0) is 14.2. The largest absolute Gasteiger partial charge is 0.507 e. The summed E-state index contributed by atoms with van der Waals surface area (Å²) >= 11 is 2.96. The van der Waals surface area contributed by atoms with Crippen molar-refractivity contribution in [3.05, 3.63) is 32.2 Å². The van der Waals surface area contributed by atoms with Crippen LogP contribution in [0.2, 0.25) is 0 Å². The Morgan fingerprint density at radius 3 is 2.58 bits per heavy atom. The molecule has 4 nitrogen and oxygen atoms in total. The third-order valence-electron chi connectivity index (χ3n) is 2.61. The van der Waals surface area contributed by atoms with Gasteiger partial charge in [0.2, 0.25) is 0 Å². The van der Waals surface area contributed by atoms with Gasteiger partial charge in [0.1, 0.15) is 5.75 Å². The molecule has 19 heavy (non-hydrogen) atoms. The number of imide groups is 1. The van der Waals surface area contributed by atoms with Crippen LogP contribution in [0.3, 0.4) is 0 Å². The highest BCUT2D eigenvalue weighted by molar-refractivity contribution is 14.1. The minimum atomic E-state index is -0.256. The number of rotatable bonds is 2. The molecule has 0 radical (unpaired) electrons. The summed E-state index contributed by atoms with van der Waals surface area (Å²) < 4.78 is 0.703. The van der Waals surface area contributed by atoms with Gasteiger partial charge >= 0.3 is 0 Å². The van der Waals surface area contributed by atoms with E-state index in [0.29, 0.717) is 8.48 Å². The SMILES string of the molecule is CC(C)N1C(=O)S/C(=C\c2ccc(O)c(I)c2)C1=O. The molecule has 2 rings (SSSR count). The molecule has 0 unspecified atom stereocenters. The predicted octanol–water partition coefficient (Wildman–Crippen LogP) is 3.44. The summed E-state index contributed by atoms with van der Waals surface area (Å²) in [4.78, 5) is 25.5. The van der Waals surface area contributed by atoms with Crippen LogP contribution in [0.25, 0.3) is 6.08 Å². The molecular weight excluding hydrogens is 377 g/mol. The summed E-state index contributed by atoms with van der Waals surface area (Å²) in [7, 11) is 0. The maximum Gasteiger partial charge on any atom is 0.293 e. The molecule has 100 valence electrons. The molecule has 0 aliphatic carbocycles. The van der Waals surface area contributed by atoms with Crippen molar-refractivity contribution in [2.75, 3.05) is 0 Å². The monoisotopic (exact) mass is 389 g/mol. The van der Waals surface area contributed by atoms with Crippen LogP contribution in [0.1, 0.15) is 19.4 Å². The van der Waals surface area contributed by atoms with Crippen molar-refractivity contribution in [3.8, 4) is 5.75 Å². The lowest BCUT2D eigenvalue weighted by atomic mass is 10.2. The number of benzene rings is 1. The van der Waals surface area contributed by atoms with Crippen LogP contribution in [0.15, 0.2) is 23.1 Å². The molecule has 1 aromatic carbocycles. The molecule has 1 saturated heterocycles. The fourth-order valence-corrected chi connectivity index (χ4v) is 3.19. The Bertz CT molecular complexity index is 583. The molecule has 0 atom stereocenters. The number of carbonyl (C=O) groups excluding carboxylic acids is 2. The van der Waals surface area contributed by atoms with Gasteiger partial charge in [0.15, 0.2) is 0 Å². The highest BCUT2D eigenvalue weighted by Gasteiger charge is 2.36. The van der Waals surface area contributed by atoms with Crippen LogP contribution < -0.4 is 0 Å². The zero-order valence-electron chi connectivity index (χ0n) is 10.4. The van der Waals surface area contributed by atoms with E-state index in [0.717, 1.165) is 17.3 Å². The number of hydrogen-bond donors (Lipinski definition) is 1. The average molecular weight is 389 g/mol. The van der Waals surface area contributed by atoms with Gasteiger partial charge in [0, 0.05) is 6.04 Å². The molecular formula is C13H12INO3S. The Morgan fingerprint density at radius 1 is 1.37 bits per heavy atom. The van der Waals surface area contributed by atoms with Gasteiger partial charge < -0.3 is 5.11 Å². The molecule has 1 aromatic rings. The van der Waals surface area contributed by atoms with E-state index in [9.17, 15) is 14.7 Å². The summed E-state index contributed by atoms with van der Waals surface area (Å²) in [6, 6.07) is 4.90. The van der Waals surface area contributed by atoms with Crippen molar-refractivity contribution in [1.29, 1.82) is 0 Å². The molecule has 2 amide bonds. The van der Waals surface area contributed by atoms with E-state index in [1.54, 1.807) is 24.3 Å². The van der Waals surface area contributed by atoms with Crippen LogP contribution in [0, 0.1) is 3.57 Å². The minimum absolute atomic E-state index is 0.140. The Labute approximate surface area is 129 Å². The second kappa shape index (κ2) is 5.54. The van der Waals surface area contributed by atoms with E-state index in [1.807, 2.05) is 36.4 Å². The van der Waals surface area contributed by atoms with Crippen LogP contribution >= 0.6 is 34.4 Å². The van der Waals surface area contributed by atoms with E-state index in [-0.39, 0.29) is 22.9 Å². The van der Waals surface area contributed by atoms with Gasteiger partial charge in [-0.2, -0.15) is 0 Å². The summed E-state index contributed by atoms with van der Waals surface area (Å²) in [6.07, 6.45) is 1.68. The lowest BCUT2D eigenvalue weighted by molar-refractivity contribution is -0.123. The molecule has 1 N–H and O–H groups in total. The highest BCUT2D eigenvalue weighted by atomic mass is 127. The standard InChI is InChI=1S/C13H12INO3S/c1-7(2)15-12(17)11(19-13(15)18)6-8-3-4-10(16)9(14)5-8/h3-7,16H,1-2H3/b11-6-. The predicted molar refractivity (Wildman–Crippen MR) is 83.8 cm³/mol. The lowest BCUT2D eigenvalue weighted by Gasteiger charge is -2.16. The quantitative estimate of drug-likeness (QED) is 0.622. The van der Waals surface area contributed by atoms with Gasteiger partial charge in [-0.25, -0.2) is 0 Å². The molecule has 0 bridgehead atoms. The van der Waals surface area contributed by atoms with Crippen LogP contribution in [-0.4, -0.2) is 27.2 Å². The van der Waals surface area contributed by atoms with Crippen molar-refractivity contribution in [1.82, 2.24) is 4.90 Å². The van der Waals surface area contributed by atoms with Gasteiger partial charge in [-0.05, 0) is 72.0 Å². The maximum atomic E-state index is 12.1. The van der Waals surface area contributed by atoms with E-state index in [2.05, 4.69) is 0 Å². The molecule has 0 aromatic heterocycles. The summed E-state index contributed by atoms with van der Waals surface area (Å²) in [5.41, 5.74) is 0.788. The molecule has 0 spiro atoms. The molecule has 1 aliphatic heterocycles. The normalized spacial score (nSPS) is 17.9. The van der Waals surface area contributed by atoms with Crippen molar-refractivity contribution in [3.63, 3.8) is 0 Å². The van der Waals surface area contributed by atoms with E-state index in [1.165, 1.54) is 4.90 Å². The minimum Gasteiger partial charge on any atom is -0.507 e. The van der Waals surface area contributed by atoms with Crippen LogP contribution in [0.4, 0.5) is 4.79 Å². The van der Waals surface area contributed by atoms with Crippen molar-refractivity contribution < 1.29 is 14.7 Å². The topological polar surface area (TPSA) is 57.6 Å². The number of halogens is 1. The second-order valence-electron chi connectivity index (χ2n) is 4.36. The first-order valence-corrected chi connectivity index (χ1v) is 7.55. The fourth-order valence-electron chi connectivity index (χ4n) is 1.69. The number of nitrogens with zero attached hydrogens (tertiary/aromatic N) is 1. The number of phenols is 1. The third-order valence-corrected chi connectivity index (χ3v) is 4.36. The molecule has 1 fully saturated rings. The van der Waals surface area contributed by atoms with Crippen LogP contribution in [-0.2, 0) is 4.79 Å². The van der Waals surface area contributed by atoms with Crippen molar-refractivity contribution >= 4 is 51.6 Å². The fraction of sp³-hybridized carbons (Fsp3) is 0.231. The first kappa shape index (κ1) is 14.4. The van der Waals surface area contributed by atoms with E-state index < -0.39 is 0 Å². The first-order chi connectivity index (χ1) is 8.90. The third kappa shape index (κ3) is 2.94. The Kier molecular flexibility index (Phi) is 4.19. The number of amides is 2. The number of aromatic hydroxyl groups is 1. The summed E-state index contributed by atoms with van der Waals surface area (Å²) in [6.45, 7) is 3.62. The number of thioether (sulfide) groups is 1. The number of phenolic OH excluding ortho intramolecular Hbond substituents is 1.